The Morgan fingerprint density at radius 3 is 2.53 bits per heavy atom. The molecule has 4 rings (SSSR count). The molecule has 4 atom stereocenters. The molecule has 2 aromatic carbocycles. The largest absolute Gasteiger partial charge is 0.466 e. The first-order chi connectivity index (χ1) is 17.8. The summed E-state index contributed by atoms with van der Waals surface area (Å²) in [6, 6.07) is 9.97. The second-order valence-electron chi connectivity index (χ2n) is 9.25. The Balaban J connectivity index is 1.74. The van der Waals surface area contributed by atoms with Crippen LogP contribution in [0.15, 0.2) is 53.4 Å². The lowest BCUT2D eigenvalue weighted by molar-refractivity contribution is -0.184. The van der Waals surface area contributed by atoms with E-state index < -0.39 is 57.7 Å². The molecule has 0 radical (unpaired) electrons. The zero-order valence-corrected chi connectivity index (χ0v) is 22.6. The van der Waals surface area contributed by atoms with Crippen LogP contribution in [-0.4, -0.2) is 81.7 Å². The summed E-state index contributed by atoms with van der Waals surface area (Å²) in [6.45, 7) is 0.112. The number of anilines is 1. The highest BCUT2D eigenvalue weighted by Crippen LogP contribution is 2.62. The highest BCUT2D eigenvalue weighted by atomic mass is 32.2. The molecule has 8 nitrogen and oxygen atoms in total. The Hall–Kier alpha value is -2.32. The van der Waals surface area contributed by atoms with Gasteiger partial charge in [-0.2, -0.15) is 13.2 Å². The van der Waals surface area contributed by atoms with Crippen LogP contribution < -0.4 is 9.62 Å². The number of esters is 1. The van der Waals surface area contributed by atoms with Crippen LogP contribution in [0.2, 0.25) is 0 Å². The van der Waals surface area contributed by atoms with Gasteiger partial charge in [0.15, 0.2) is 4.75 Å². The summed E-state index contributed by atoms with van der Waals surface area (Å²) >= 11 is 0.364. The van der Waals surface area contributed by atoms with Crippen molar-refractivity contribution in [3.63, 3.8) is 0 Å². The van der Waals surface area contributed by atoms with E-state index in [1.807, 2.05) is 25.1 Å². The standard InChI is InChI=1S/C25H29F3N2O6S2/c1-4-35-22(32)21-23(12-11-20(36-23)24(21,25(26,27)28)37-14-13-31)15-29-38(33,34)19-10-6-7-16-17(19)8-5-9-18(16)30(2)3/h5-12,20-21,29,31H,4,13-15H2,1-3H3. The first kappa shape index (κ1) is 28.7. The van der Waals surface area contributed by atoms with E-state index >= 15 is 0 Å². The lowest BCUT2D eigenvalue weighted by atomic mass is 9.74. The van der Waals surface area contributed by atoms with E-state index in [4.69, 9.17) is 9.47 Å². The number of hydrogen-bond donors (Lipinski definition) is 2. The average Bonchev–Trinajstić information content (AvgIpc) is 3.41. The van der Waals surface area contributed by atoms with Crippen molar-refractivity contribution in [1.82, 2.24) is 4.72 Å². The van der Waals surface area contributed by atoms with E-state index in [0.29, 0.717) is 22.5 Å². The smallest absolute Gasteiger partial charge is 0.407 e. The monoisotopic (exact) mass is 574 g/mol. The van der Waals surface area contributed by atoms with Crippen LogP contribution >= 0.6 is 11.8 Å². The average molecular weight is 575 g/mol. The van der Waals surface area contributed by atoms with Crippen LogP contribution in [0.4, 0.5) is 18.9 Å². The zero-order valence-electron chi connectivity index (χ0n) is 21.0. The lowest BCUT2D eigenvalue weighted by Gasteiger charge is -2.41. The van der Waals surface area contributed by atoms with Gasteiger partial charge in [-0.25, -0.2) is 13.1 Å². The van der Waals surface area contributed by atoms with Crippen molar-refractivity contribution in [2.75, 3.05) is 44.5 Å². The fourth-order valence-electron chi connectivity index (χ4n) is 5.25. The third-order valence-corrected chi connectivity index (χ3v) is 9.83. The van der Waals surface area contributed by atoms with Gasteiger partial charge in [0.1, 0.15) is 17.6 Å². The molecule has 2 aromatic rings. The predicted octanol–water partition coefficient (Wildman–Crippen LogP) is 3.10. The molecule has 208 valence electrons. The second-order valence-corrected chi connectivity index (χ2v) is 12.4. The first-order valence-electron chi connectivity index (χ1n) is 11.9. The molecule has 0 aliphatic carbocycles. The van der Waals surface area contributed by atoms with E-state index in [1.54, 1.807) is 24.3 Å². The molecule has 0 saturated carbocycles. The van der Waals surface area contributed by atoms with E-state index in [9.17, 15) is 31.5 Å². The number of sulfonamides is 1. The zero-order chi connectivity index (χ0) is 27.9. The van der Waals surface area contributed by atoms with Crippen molar-refractivity contribution < 1.29 is 41.0 Å². The Morgan fingerprint density at radius 2 is 1.89 bits per heavy atom. The normalized spacial score (nSPS) is 26.7. The number of benzene rings is 2. The van der Waals surface area contributed by atoms with Gasteiger partial charge < -0.3 is 19.5 Å². The quantitative estimate of drug-likeness (QED) is 0.330. The van der Waals surface area contributed by atoms with Gasteiger partial charge in [0.05, 0.1) is 18.1 Å². The Bertz CT molecular complexity index is 1350. The number of ether oxygens (including phenoxy) is 2. The van der Waals surface area contributed by atoms with E-state index in [0.717, 1.165) is 5.69 Å². The molecule has 2 heterocycles. The van der Waals surface area contributed by atoms with Gasteiger partial charge in [-0.1, -0.05) is 36.4 Å². The minimum atomic E-state index is -4.93. The molecule has 1 fully saturated rings. The number of rotatable bonds is 10. The number of carbonyl (C=O) groups excluding carboxylic acids is 1. The summed E-state index contributed by atoms with van der Waals surface area (Å²) in [6.07, 6.45) is -4.00. The molecule has 2 aliphatic rings. The number of alkyl halides is 3. The summed E-state index contributed by atoms with van der Waals surface area (Å²) < 4.78 is 81.5. The Morgan fingerprint density at radius 1 is 1.21 bits per heavy atom. The van der Waals surface area contributed by atoms with Crippen molar-refractivity contribution >= 4 is 44.2 Å². The molecule has 13 heteroatoms. The predicted molar refractivity (Wildman–Crippen MR) is 139 cm³/mol. The molecular weight excluding hydrogens is 545 g/mol. The molecule has 38 heavy (non-hydrogen) atoms. The highest BCUT2D eigenvalue weighted by molar-refractivity contribution is 8.00. The number of thioether (sulfide) groups is 1. The van der Waals surface area contributed by atoms with Gasteiger partial charge in [0.2, 0.25) is 10.0 Å². The third-order valence-electron chi connectivity index (χ3n) is 6.81. The maximum absolute atomic E-state index is 14.7. The summed E-state index contributed by atoms with van der Waals surface area (Å²) in [5.41, 5.74) is -1.15. The van der Waals surface area contributed by atoms with E-state index in [-0.39, 0.29) is 17.3 Å². The molecule has 0 amide bonds. The fourth-order valence-corrected chi connectivity index (χ4v) is 7.89. The Labute approximate surface area is 223 Å². The van der Waals surface area contributed by atoms with Crippen LogP contribution in [0.3, 0.4) is 0 Å². The number of fused-ring (bicyclic) bond motifs is 3. The number of aliphatic hydroxyl groups excluding tert-OH is 1. The van der Waals surface area contributed by atoms with Crippen molar-refractivity contribution in [3.8, 4) is 0 Å². The number of halogens is 3. The molecule has 2 aliphatic heterocycles. The van der Waals surface area contributed by atoms with Gasteiger partial charge >= 0.3 is 12.1 Å². The van der Waals surface area contributed by atoms with Gasteiger partial charge in [-0.05, 0) is 19.1 Å². The molecule has 2 N–H and O–H groups in total. The highest BCUT2D eigenvalue weighted by Gasteiger charge is 2.78. The first-order valence-corrected chi connectivity index (χ1v) is 14.4. The molecular formula is C25H29F3N2O6S2. The van der Waals surface area contributed by atoms with Crippen molar-refractivity contribution in [1.29, 1.82) is 0 Å². The van der Waals surface area contributed by atoms with Crippen LogP contribution in [0, 0.1) is 5.92 Å². The summed E-state index contributed by atoms with van der Waals surface area (Å²) in [5, 5.41) is 10.4. The molecule has 0 aromatic heterocycles. The summed E-state index contributed by atoms with van der Waals surface area (Å²) in [7, 11) is -0.612. The third kappa shape index (κ3) is 4.57. The van der Waals surface area contributed by atoms with Crippen molar-refractivity contribution in [3.05, 3.63) is 48.6 Å². The molecule has 4 unspecified atom stereocenters. The summed E-state index contributed by atoms with van der Waals surface area (Å²) in [4.78, 5) is 14.8. The van der Waals surface area contributed by atoms with Crippen molar-refractivity contribution in [2.24, 2.45) is 5.92 Å². The Kier molecular flexibility index (Phi) is 7.80. The lowest BCUT2D eigenvalue weighted by Crippen LogP contribution is -2.61. The van der Waals surface area contributed by atoms with Gasteiger partial charge in [-0.3, -0.25) is 4.79 Å². The van der Waals surface area contributed by atoms with Gasteiger partial charge in [-0.15, -0.1) is 11.8 Å². The summed E-state index contributed by atoms with van der Waals surface area (Å²) in [5.74, 6) is -3.37. The molecule has 2 bridgehead atoms. The number of nitrogens with one attached hydrogen (secondary N) is 1. The number of carbonyl (C=O) groups is 1. The number of hydrogen-bond acceptors (Lipinski definition) is 8. The van der Waals surface area contributed by atoms with E-state index in [1.165, 1.54) is 25.1 Å². The molecule has 1 saturated heterocycles. The fraction of sp³-hybridized carbons (Fsp3) is 0.480. The molecule has 0 spiro atoms. The van der Waals surface area contributed by atoms with Crippen LogP contribution in [0.5, 0.6) is 0 Å². The van der Waals surface area contributed by atoms with Gasteiger partial charge in [0.25, 0.3) is 0 Å². The van der Waals surface area contributed by atoms with Crippen LogP contribution in [-0.2, 0) is 24.3 Å². The number of aliphatic hydroxyl groups is 1. The van der Waals surface area contributed by atoms with Gasteiger partial charge in [0, 0.05) is 42.9 Å². The minimum Gasteiger partial charge on any atom is -0.466 e. The van der Waals surface area contributed by atoms with Crippen LogP contribution in [0.25, 0.3) is 10.8 Å². The minimum absolute atomic E-state index is 0.0592. The van der Waals surface area contributed by atoms with Crippen molar-refractivity contribution in [2.45, 2.75) is 34.4 Å². The topological polar surface area (TPSA) is 105 Å². The van der Waals surface area contributed by atoms with Crippen LogP contribution in [0.1, 0.15) is 6.92 Å². The maximum atomic E-state index is 14.7. The maximum Gasteiger partial charge on any atom is 0.407 e. The van der Waals surface area contributed by atoms with E-state index in [2.05, 4.69) is 4.72 Å². The number of nitrogens with zero attached hydrogens (tertiary/aromatic N) is 1. The SMILES string of the molecule is CCOC(=O)C1C2(CNS(=O)(=O)c3cccc4c(N(C)C)cccc34)C=CC(O2)C1(SCCO)C(F)(F)F. The second kappa shape index (κ2) is 10.3.